The van der Waals surface area contributed by atoms with Crippen molar-refractivity contribution in [3.63, 3.8) is 0 Å². The lowest BCUT2D eigenvalue weighted by Crippen LogP contribution is -2.26. The molecule has 0 radical (unpaired) electrons. The Morgan fingerprint density at radius 1 is 1.16 bits per heavy atom. The lowest BCUT2D eigenvalue weighted by molar-refractivity contribution is -0.140. The first-order valence-electron chi connectivity index (χ1n) is 7.70. The van der Waals surface area contributed by atoms with E-state index in [2.05, 4.69) is 16.1 Å². The first kappa shape index (κ1) is 18.6. The van der Waals surface area contributed by atoms with E-state index in [0.29, 0.717) is 16.9 Å². The fraction of sp³-hybridized carbons (Fsp3) is 0.211. The number of carbonyl (C=O) groups excluding carboxylic acids is 2. The number of hydrogen-bond acceptors (Lipinski definition) is 5. The summed E-state index contributed by atoms with van der Waals surface area (Å²) in [6, 6.07) is 16.8. The van der Waals surface area contributed by atoms with Gasteiger partial charge in [0.25, 0.3) is 5.91 Å². The van der Waals surface area contributed by atoms with Crippen LogP contribution in [-0.4, -0.2) is 25.5 Å². The number of esters is 1. The number of benzene rings is 2. The largest absolute Gasteiger partial charge is 0.469 e. The summed E-state index contributed by atoms with van der Waals surface area (Å²) in [5.41, 5.74) is 2.27. The fourth-order valence-corrected chi connectivity index (χ4v) is 3.10. The predicted octanol–water partition coefficient (Wildman–Crippen LogP) is 3.14. The summed E-state index contributed by atoms with van der Waals surface area (Å²) in [4.78, 5) is 24.3. The Labute approximate surface area is 151 Å². The SMILES string of the molecule is COC(=O)CCNC(=O)c1ccccc1SCc1ccc(C#N)cc1. The Morgan fingerprint density at radius 3 is 2.56 bits per heavy atom. The second kappa shape index (κ2) is 9.50. The summed E-state index contributed by atoms with van der Waals surface area (Å²) in [6.07, 6.45) is 0.142. The van der Waals surface area contributed by atoms with Crippen molar-refractivity contribution in [3.05, 3.63) is 65.2 Å². The van der Waals surface area contributed by atoms with Gasteiger partial charge in [-0.2, -0.15) is 5.26 Å². The Balaban J connectivity index is 1.98. The fourth-order valence-electron chi connectivity index (χ4n) is 2.09. The zero-order valence-electron chi connectivity index (χ0n) is 13.8. The number of methoxy groups -OCH3 is 1. The monoisotopic (exact) mass is 354 g/mol. The number of nitrogens with zero attached hydrogens (tertiary/aromatic N) is 1. The van der Waals surface area contributed by atoms with Crippen molar-refractivity contribution in [3.8, 4) is 6.07 Å². The maximum atomic E-state index is 12.3. The molecule has 0 bridgehead atoms. The third-order valence-corrected chi connectivity index (χ3v) is 4.60. The minimum Gasteiger partial charge on any atom is -0.469 e. The molecule has 2 rings (SSSR count). The van der Waals surface area contributed by atoms with E-state index in [9.17, 15) is 9.59 Å². The highest BCUT2D eigenvalue weighted by Gasteiger charge is 2.12. The van der Waals surface area contributed by atoms with Gasteiger partial charge >= 0.3 is 5.97 Å². The normalized spacial score (nSPS) is 9.92. The van der Waals surface area contributed by atoms with Crippen molar-refractivity contribution in [1.29, 1.82) is 5.26 Å². The molecular weight excluding hydrogens is 336 g/mol. The van der Waals surface area contributed by atoms with Crippen molar-refractivity contribution in [1.82, 2.24) is 5.32 Å². The summed E-state index contributed by atoms with van der Waals surface area (Å²) in [7, 11) is 1.32. The van der Waals surface area contributed by atoms with E-state index >= 15 is 0 Å². The highest BCUT2D eigenvalue weighted by Crippen LogP contribution is 2.26. The molecule has 0 atom stereocenters. The van der Waals surface area contributed by atoms with Crippen molar-refractivity contribution >= 4 is 23.6 Å². The number of carbonyl (C=O) groups is 2. The number of ether oxygens (including phenoxy) is 1. The number of rotatable bonds is 7. The lowest BCUT2D eigenvalue weighted by atomic mass is 10.2. The van der Waals surface area contributed by atoms with Crippen LogP contribution in [0, 0.1) is 11.3 Å². The van der Waals surface area contributed by atoms with E-state index < -0.39 is 0 Å². The van der Waals surface area contributed by atoms with Crippen molar-refractivity contribution < 1.29 is 14.3 Å². The number of hydrogen-bond donors (Lipinski definition) is 1. The Kier molecular flexibility index (Phi) is 7.05. The van der Waals surface area contributed by atoms with Crippen molar-refractivity contribution in [2.24, 2.45) is 0 Å². The van der Waals surface area contributed by atoms with Gasteiger partial charge in [0.05, 0.1) is 30.7 Å². The summed E-state index contributed by atoms with van der Waals surface area (Å²) in [5, 5.41) is 11.6. The molecule has 0 aromatic heterocycles. The number of amides is 1. The standard InChI is InChI=1S/C19H18N2O3S/c1-24-18(22)10-11-21-19(23)16-4-2-3-5-17(16)25-13-15-8-6-14(12-20)7-9-15/h2-9H,10-11,13H2,1H3,(H,21,23). The minimum atomic E-state index is -0.358. The Hall–Kier alpha value is -2.78. The smallest absolute Gasteiger partial charge is 0.307 e. The molecule has 2 aromatic rings. The molecule has 0 aliphatic rings. The third kappa shape index (κ3) is 5.66. The van der Waals surface area contributed by atoms with E-state index in [1.54, 1.807) is 36.0 Å². The van der Waals surface area contributed by atoms with E-state index in [1.807, 2.05) is 24.3 Å². The van der Waals surface area contributed by atoms with E-state index in [0.717, 1.165) is 10.5 Å². The van der Waals surface area contributed by atoms with Crippen LogP contribution < -0.4 is 5.32 Å². The molecule has 2 aromatic carbocycles. The molecule has 0 heterocycles. The highest BCUT2D eigenvalue weighted by atomic mass is 32.2. The summed E-state index contributed by atoms with van der Waals surface area (Å²) in [6.45, 7) is 0.236. The van der Waals surface area contributed by atoms with Gasteiger partial charge in [0.2, 0.25) is 0 Å². The van der Waals surface area contributed by atoms with Crippen LogP contribution in [0.1, 0.15) is 27.9 Å². The van der Waals surface area contributed by atoms with Gasteiger partial charge < -0.3 is 10.1 Å². The molecule has 1 amide bonds. The van der Waals surface area contributed by atoms with Gasteiger partial charge in [-0.15, -0.1) is 11.8 Å². The van der Waals surface area contributed by atoms with Crippen molar-refractivity contribution in [2.75, 3.05) is 13.7 Å². The van der Waals surface area contributed by atoms with Crippen LogP contribution in [0.2, 0.25) is 0 Å². The van der Waals surface area contributed by atoms with Gasteiger partial charge in [-0.3, -0.25) is 9.59 Å². The summed E-state index contributed by atoms with van der Waals surface area (Å²) < 4.78 is 4.55. The molecule has 0 aliphatic carbocycles. The molecule has 0 saturated heterocycles. The van der Waals surface area contributed by atoms with Crippen LogP contribution in [-0.2, 0) is 15.3 Å². The first-order valence-corrected chi connectivity index (χ1v) is 8.68. The van der Waals surface area contributed by atoms with E-state index in [4.69, 9.17) is 5.26 Å². The molecular formula is C19H18N2O3S. The number of thioether (sulfide) groups is 1. The summed E-state index contributed by atoms with van der Waals surface area (Å²) >= 11 is 1.55. The molecule has 0 spiro atoms. The molecule has 25 heavy (non-hydrogen) atoms. The van der Waals surface area contributed by atoms with Crippen LogP contribution in [0.3, 0.4) is 0 Å². The predicted molar refractivity (Wildman–Crippen MR) is 96.1 cm³/mol. The Bertz CT molecular complexity index is 782. The molecule has 0 fully saturated rings. The highest BCUT2D eigenvalue weighted by molar-refractivity contribution is 7.98. The average Bonchev–Trinajstić information content (AvgIpc) is 2.66. The molecule has 0 saturated carbocycles. The van der Waals surface area contributed by atoms with Crippen LogP contribution in [0.25, 0.3) is 0 Å². The van der Waals surface area contributed by atoms with Crippen molar-refractivity contribution in [2.45, 2.75) is 17.1 Å². The average molecular weight is 354 g/mol. The van der Waals surface area contributed by atoms with Gasteiger partial charge in [0.1, 0.15) is 0 Å². The Morgan fingerprint density at radius 2 is 1.88 bits per heavy atom. The van der Waals surface area contributed by atoms with E-state index in [1.165, 1.54) is 7.11 Å². The van der Waals surface area contributed by atoms with E-state index in [-0.39, 0.29) is 24.8 Å². The molecule has 128 valence electrons. The molecule has 6 heteroatoms. The zero-order chi connectivity index (χ0) is 18.1. The lowest BCUT2D eigenvalue weighted by Gasteiger charge is -2.10. The molecule has 0 unspecified atom stereocenters. The van der Waals surface area contributed by atoms with Crippen LogP contribution in [0.5, 0.6) is 0 Å². The van der Waals surface area contributed by atoms with Crippen LogP contribution in [0.4, 0.5) is 0 Å². The third-order valence-electron chi connectivity index (χ3n) is 3.45. The summed E-state index contributed by atoms with van der Waals surface area (Å²) in [5.74, 6) is 0.119. The maximum absolute atomic E-state index is 12.3. The van der Waals surface area contributed by atoms with Crippen LogP contribution >= 0.6 is 11.8 Å². The second-order valence-corrected chi connectivity index (χ2v) is 6.19. The number of nitriles is 1. The topological polar surface area (TPSA) is 79.2 Å². The molecule has 0 aliphatic heterocycles. The van der Waals surface area contributed by atoms with Crippen LogP contribution in [0.15, 0.2) is 53.4 Å². The zero-order valence-corrected chi connectivity index (χ0v) is 14.6. The number of nitrogens with one attached hydrogen (secondary N) is 1. The quantitative estimate of drug-likeness (QED) is 0.610. The maximum Gasteiger partial charge on any atom is 0.307 e. The molecule has 1 N–H and O–H groups in total. The minimum absolute atomic E-state index is 0.142. The molecule has 5 nitrogen and oxygen atoms in total. The van der Waals surface area contributed by atoms with Gasteiger partial charge in [-0.25, -0.2) is 0 Å². The van der Waals surface area contributed by atoms with Gasteiger partial charge in [-0.05, 0) is 29.8 Å². The van der Waals surface area contributed by atoms with Gasteiger partial charge in [0.15, 0.2) is 0 Å². The second-order valence-electron chi connectivity index (χ2n) is 5.18. The van der Waals surface area contributed by atoms with Gasteiger partial charge in [0, 0.05) is 17.2 Å². The van der Waals surface area contributed by atoms with Gasteiger partial charge in [-0.1, -0.05) is 24.3 Å². The first-order chi connectivity index (χ1) is 12.1.